The summed E-state index contributed by atoms with van der Waals surface area (Å²) in [6.07, 6.45) is 2.85. The van der Waals surface area contributed by atoms with Crippen LogP contribution in [0.15, 0.2) is 30.6 Å². The average molecular weight is 318 g/mol. The molecule has 19 heavy (non-hydrogen) atoms. The molecule has 2 aromatic heterocycles. The van der Waals surface area contributed by atoms with Crippen molar-refractivity contribution in [2.45, 2.75) is 6.61 Å². The summed E-state index contributed by atoms with van der Waals surface area (Å²) in [5.41, 5.74) is 0.541. The van der Waals surface area contributed by atoms with Gasteiger partial charge in [-0.15, -0.1) is 0 Å². The van der Waals surface area contributed by atoms with Gasteiger partial charge >= 0.3 is 5.97 Å². The van der Waals surface area contributed by atoms with Crippen LogP contribution in [0.25, 0.3) is 0 Å². The Morgan fingerprint density at radius 3 is 2.63 bits per heavy atom. The fourth-order valence-electron chi connectivity index (χ4n) is 1.28. The topological polar surface area (TPSA) is 52.1 Å². The third kappa shape index (κ3) is 3.35. The van der Waals surface area contributed by atoms with Crippen LogP contribution in [0.5, 0.6) is 0 Å². The van der Waals surface area contributed by atoms with Crippen molar-refractivity contribution in [2.75, 3.05) is 0 Å². The second kappa shape index (κ2) is 6.19. The molecule has 4 nitrogen and oxygen atoms in total. The zero-order chi connectivity index (χ0) is 13.8. The number of halogens is 3. The Balaban J connectivity index is 2.11. The molecular formula is C12H7Cl3N2O2. The van der Waals surface area contributed by atoms with E-state index in [0.29, 0.717) is 5.69 Å². The van der Waals surface area contributed by atoms with Gasteiger partial charge in [-0.3, -0.25) is 4.98 Å². The zero-order valence-corrected chi connectivity index (χ0v) is 11.7. The smallest absolute Gasteiger partial charge is 0.358 e. The number of aromatic nitrogens is 2. The molecule has 0 unspecified atom stereocenters. The van der Waals surface area contributed by atoms with Gasteiger partial charge in [-0.25, -0.2) is 9.78 Å². The number of carbonyl (C=O) groups excluding carboxylic acids is 1. The molecule has 0 spiro atoms. The quantitative estimate of drug-likeness (QED) is 0.808. The molecule has 0 saturated heterocycles. The molecule has 2 rings (SSSR count). The van der Waals surface area contributed by atoms with Crippen LogP contribution < -0.4 is 0 Å². The molecule has 0 aromatic carbocycles. The van der Waals surface area contributed by atoms with Crippen LogP contribution in [0.2, 0.25) is 15.1 Å². The molecule has 0 atom stereocenters. The molecule has 2 aromatic rings. The number of esters is 1. The maximum Gasteiger partial charge on any atom is 0.358 e. The monoisotopic (exact) mass is 316 g/mol. The molecule has 0 amide bonds. The standard InChI is InChI=1S/C12H7Cl3N2O2/c13-8-5-17-11(10(15)9(8)14)12(18)19-6-7-3-1-2-4-16-7/h1-5H,6H2. The number of pyridine rings is 2. The van der Waals surface area contributed by atoms with E-state index in [-0.39, 0.29) is 27.4 Å². The maximum absolute atomic E-state index is 11.8. The highest BCUT2D eigenvalue weighted by atomic mass is 35.5. The third-order valence-electron chi connectivity index (χ3n) is 2.19. The highest BCUT2D eigenvalue weighted by molar-refractivity contribution is 6.48. The predicted molar refractivity (Wildman–Crippen MR) is 72.6 cm³/mol. The van der Waals surface area contributed by atoms with Gasteiger partial charge in [0.1, 0.15) is 6.61 Å². The molecule has 2 heterocycles. The van der Waals surface area contributed by atoms with Gasteiger partial charge in [0.05, 0.1) is 20.8 Å². The second-order valence-corrected chi connectivity index (χ2v) is 4.64. The van der Waals surface area contributed by atoms with Crippen LogP contribution >= 0.6 is 34.8 Å². The van der Waals surface area contributed by atoms with Crippen molar-refractivity contribution < 1.29 is 9.53 Å². The van der Waals surface area contributed by atoms with Gasteiger partial charge in [-0.2, -0.15) is 0 Å². The highest BCUT2D eigenvalue weighted by Gasteiger charge is 2.18. The number of rotatable bonds is 3. The fraction of sp³-hybridized carbons (Fsp3) is 0.0833. The summed E-state index contributed by atoms with van der Waals surface area (Å²) in [7, 11) is 0. The first-order valence-corrected chi connectivity index (χ1v) is 6.29. The molecule has 7 heteroatoms. The first-order chi connectivity index (χ1) is 9.09. The van der Waals surface area contributed by atoms with E-state index >= 15 is 0 Å². The average Bonchev–Trinajstić information content (AvgIpc) is 2.43. The van der Waals surface area contributed by atoms with E-state index in [4.69, 9.17) is 39.5 Å². The minimum atomic E-state index is -0.686. The van der Waals surface area contributed by atoms with Crippen LogP contribution in [-0.2, 0) is 11.3 Å². The van der Waals surface area contributed by atoms with Crippen LogP contribution in [0.1, 0.15) is 16.2 Å². The summed E-state index contributed by atoms with van der Waals surface area (Å²) >= 11 is 17.4. The van der Waals surface area contributed by atoms with Crippen molar-refractivity contribution in [3.05, 3.63) is 57.0 Å². The van der Waals surface area contributed by atoms with E-state index in [9.17, 15) is 4.79 Å². The van der Waals surface area contributed by atoms with Crippen molar-refractivity contribution in [1.29, 1.82) is 0 Å². The van der Waals surface area contributed by atoms with Gasteiger partial charge in [-0.05, 0) is 12.1 Å². The van der Waals surface area contributed by atoms with Gasteiger partial charge < -0.3 is 4.74 Å². The number of hydrogen-bond acceptors (Lipinski definition) is 4. The second-order valence-electron chi connectivity index (χ2n) is 3.48. The molecule has 0 fully saturated rings. The number of nitrogens with zero attached hydrogens (tertiary/aromatic N) is 2. The van der Waals surface area contributed by atoms with Crippen molar-refractivity contribution >= 4 is 40.8 Å². The van der Waals surface area contributed by atoms with E-state index in [1.54, 1.807) is 24.4 Å². The predicted octanol–water partition coefficient (Wildman–Crippen LogP) is 3.79. The molecule has 0 aliphatic carbocycles. The summed E-state index contributed by atoms with van der Waals surface area (Å²) in [6.45, 7) is 0.0257. The fourth-order valence-corrected chi connectivity index (χ4v) is 1.83. The Morgan fingerprint density at radius 1 is 1.16 bits per heavy atom. The molecule has 0 N–H and O–H groups in total. The lowest BCUT2D eigenvalue weighted by molar-refractivity contribution is 0.0461. The Morgan fingerprint density at radius 2 is 1.95 bits per heavy atom. The maximum atomic E-state index is 11.8. The zero-order valence-electron chi connectivity index (χ0n) is 9.44. The summed E-state index contributed by atoms with van der Waals surface area (Å²) < 4.78 is 5.04. The van der Waals surface area contributed by atoms with Crippen molar-refractivity contribution in [1.82, 2.24) is 9.97 Å². The van der Waals surface area contributed by atoms with Crippen LogP contribution in [0.4, 0.5) is 0 Å². The lowest BCUT2D eigenvalue weighted by atomic mass is 10.3. The lowest BCUT2D eigenvalue weighted by Gasteiger charge is -2.06. The first kappa shape index (κ1) is 14.1. The lowest BCUT2D eigenvalue weighted by Crippen LogP contribution is -2.09. The molecule has 98 valence electrons. The summed E-state index contributed by atoms with van der Waals surface area (Å²) in [4.78, 5) is 19.6. The molecule has 0 radical (unpaired) electrons. The Hall–Kier alpha value is -1.36. The van der Waals surface area contributed by atoms with Crippen molar-refractivity contribution in [3.63, 3.8) is 0 Å². The molecular weight excluding hydrogens is 311 g/mol. The van der Waals surface area contributed by atoms with E-state index in [1.165, 1.54) is 6.20 Å². The van der Waals surface area contributed by atoms with E-state index in [0.717, 1.165) is 0 Å². The van der Waals surface area contributed by atoms with Crippen LogP contribution in [0, 0.1) is 0 Å². The first-order valence-electron chi connectivity index (χ1n) is 5.16. The SMILES string of the molecule is O=C(OCc1ccccn1)c1ncc(Cl)c(Cl)c1Cl. The van der Waals surface area contributed by atoms with Crippen molar-refractivity contribution in [2.24, 2.45) is 0 Å². The molecule has 0 aliphatic rings. The summed E-state index contributed by atoms with van der Waals surface area (Å²) in [5.74, 6) is -0.686. The molecule has 0 aliphatic heterocycles. The van der Waals surface area contributed by atoms with E-state index in [2.05, 4.69) is 9.97 Å². The van der Waals surface area contributed by atoms with Gasteiger partial charge in [0.15, 0.2) is 5.69 Å². The van der Waals surface area contributed by atoms with Gasteiger partial charge in [0.2, 0.25) is 0 Å². The van der Waals surface area contributed by atoms with Crippen LogP contribution in [0.3, 0.4) is 0 Å². The van der Waals surface area contributed by atoms with Crippen LogP contribution in [-0.4, -0.2) is 15.9 Å². The van der Waals surface area contributed by atoms with Gasteiger partial charge in [-0.1, -0.05) is 40.9 Å². The molecule has 0 saturated carbocycles. The number of ether oxygens (including phenoxy) is 1. The van der Waals surface area contributed by atoms with Gasteiger partial charge in [0.25, 0.3) is 0 Å². The normalized spacial score (nSPS) is 10.3. The Bertz CT molecular complexity index is 605. The Labute approximate surface area is 124 Å². The van der Waals surface area contributed by atoms with Crippen molar-refractivity contribution in [3.8, 4) is 0 Å². The Kier molecular flexibility index (Phi) is 4.58. The van der Waals surface area contributed by atoms with Gasteiger partial charge in [0, 0.05) is 12.4 Å². The minimum absolute atomic E-state index is 0.0257. The summed E-state index contributed by atoms with van der Waals surface area (Å²) in [5, 5.41) is 0.219. The minimum Gasteiger partial charge on any atom is -0.454 e. The largest absolute Gasteiger partial charge is 0.454 e. The third-order valence-corrected chi connectivity index (χ3v) is 3.43. The highest BCUT2D eigenvalue weighted by Crippen LogP contribution is 2.31. The number of hydrogen-bond donors (Lipinski definition) is 0. The van der Waals surface area contributed by atoms with E-state index < -0.39 is 5.97 Å². The summed E-state index contributed by atoms with van der Waals surface area (Å²) in [6, 6.07) is 5.29. The number of carbonyl (C=O) groups is 1. The van der Waals surface area contributed by atoms with E-state index in [1.807, 2.05) is 0 Å². The molecule has 0 bridgehead atoms.